The molecule has 0 radical (unpaired) electrons. The molecule has 162 valence electrons. The van der Waals surface area contributed by atoms with E-state index < -0.39 is 10.0 Å². The van der Waals surface area contributed by atoms with Crippen molar-refractivity contribution in [3.05, 3.63) is 77.1 Å². The van der Waals surface area contributed by atoms with E-state index in [-0.39, 0.29) is 23.9 Å². The zero-order chi connectivity index (χ0) is 22.2. The number of sulfonamides is 1. The van der Waals surface area contributed by atoms with Crippen LogP contribution < -0.4 is 0 Å². The summed E-state index contributed by atoms with van der Waals surface area (Å²) in [6.45, 7) is 6.87. The lowest BCUT2D eigenvalue weighted by molar-refractivity contribution is 0.0696. The third-order valence-electron chi connectivity index (χ3n) is 5.69. The van der Waals surface area contributed by atoms with Gasteiger partial charge in [-0.05, 0) is 45.0 Å². The fourth-order valence-electron chi connectivity index (χ4n) is 3.92. The molecule has 1 aliphatic heterocycles. The van der Waals surface area contributed by atoms with Gasteiger partial charge < -0.3 is 4.90 Å². The predicted molar refractivity (Wildman–Crippen MR) is 119 cm³/mol. The molecule has 1 fully saturated rings. The predicted octanol–water partition coefficient (Wildman–Crippen LogP) is 2.94. The monoisotopic (exact) mass is 438 g/mol. The number of hydrogen-bond acceptors (Lipinski definition) is 4. The van der Waals surface area contributed by atoms with E-state index >= 15 is 0 Å². The van der Waals surface area contributed by atoms with Crippen molar-refractivity contribution in [3.8, 4) is 5.69 Å². The van der Waals surface area contributed by atoms with Gasteiger partial charge in [-0.15, -0.1) is 0 Å². The smallest absolute Gasteiger partial charge is 0.257 e. The molecule has 4 rings (SSSR count). The second-order valence-electron chi connectivity index (χ2n) is 7.80. The molecule has 0 bridgehead atoms. The average Bonchev–Trinajstić information content (AvgIpc) is 3.08. The number of piperazine rings is 1. The van der Waals surface area contributed by atoms with Gasteiger partial charge in [0.05, 0.1) is 27.5 Å². The summed E-state index contributed by atoms with van der Waals surface area (Å²) in [5.74, 6) is -0.107. The molecular formula is C23H26N4O3S. The average molecular weight is 439 g/mol. The second kappa shape index (κ2) is 8.28. The first kappa shape index (κ1) is 21.3. The van der Waals surface area contributed by atoms with Crippen LogP contribution in [0.2, 0.25) is 0 Å². The van der Waals surface area contributed by atoms with E-state index in [1.54, 1.807) is 33.8 Å². The quantitative estimate of drug-likeness (QED) is 0.628. The lowest BCUT2D eigenvalue weighted by atomic mass is 10.1. The van der Waals surface area contributed by atoms with Gasteiger partial charge >= 0.3 is 0 Å². The highest BCUT2D eigenvalue weighted by Crippen LogP contribution is 2.22. The van der Waals surface area contributed by atoms with E-state index in [0.29, 0.717) is 24.3 Å². The van der Waals surface area contributed by atoms with E-state index in [0.717, 1.165) is 16.9 Å². The van der Waals surface area contributed by atoms with Crippen molar-refractivity contribution in [1.82, 2.24) is 19.0 Å². The van der Waals surface area contributed by atoms with Crippen molar-refractivity contribution < 1.29 is 13.2 Å². The molecule has 8 heteroatoms. The van der Waals surface area contributed by atoms with E-state index in [1.807, 2.05) is 51.1 Å². The van der Waals surface area contributed by atoms with E-state index in [4.69, 9.17) is 0 Å². The number of benzene rings is 2. The Labute approximate surface area is 183 Å². The molecular weight excluding hydrogens is 412 g/mol. The third kappa shape index (κ3) is 4.00. The van der Waals surface area contributed by atoms with Crippen molar-refractivity contribution in [1.29, 1.82) is 0 Å². The highest BCUT2D eigenvalue weighted by molar-refractivity contribution is 7.89. The Balaban J connectivity index is 1.50. The maximum atomic E-state index is 13.3. The van der Waals surface area contributed by atoms with Gasteiger partial charge in [0, 0.05) is 26.2 Å². The minimum Gasteiger partial charge on any atom is -0.336 e. The van der Waals surface area contributed by atoms with E-state index in [2.05, 4.69) is 5.10 Å². The van der Waals surface area contributed by atoms with Crippen molar-refractivity contribution in [3.63, 3.8) is 0 Å². The van der Waals surface area contributed by atoms with Crippen LogP contribution >= 0.6 is 0 Å². The molecule has 0 saturated carbocycles. The Morgan fingerprint density at radius 3 is 2.10 bits per heavy atom. The van der Waals surface area contributed by atoms with Gasteiger partial charge in [-0.1, -0.05) is 35.9 Å². The molecule has 1 aromatic heterocycles. The zero-order valence-corrected chi connectivity index (χ0v) is 18.8. The lowest BCUT2D eigenvalue weighted by Gasteiger charge is -2.34. The molecule has 2 aromatic carbocycles. The number of aryl methyl sites for hydroxylation is 2. The summed E-state index contributed by atoms with van der Waals surface area (Å²) in [5.41, 5.74) is 3.94. The molecule has 31 heavy (non-hydrogen) atoms. The number of rotatable bonds is 4. The van der Waals surface area contributed by atoms with Gasteiger partial charge in [0.25, 0.3) is 5.91 Å². The normalized spacial score (nSPS) is 15.3. The van der Waals surface area contributed by atoms with Crippen LogP contribution in [0, 0.1) is 20.8 Å². The summed E-state index contributed by atoms with van der Waals surface area (Å²) in [7, 11) is -3.56. The molecule has 0 N–H and O–H groups in total. The van der Waals surface area contributed by atoms with Crippen molar-refractivity contribution >= 4 is 15.9 Å². The molecule has 0 unspecified atom stereocenters. The number of para-hydroxylation sites is 1. The summed E-state index contributed by atoms with van der Waals surface area (Å²) in [5, 5.41) is 4.56. The SMILES string of the molecule is Cc1ccc(S(=O)(=O)N2CCN(C(=O)c3c(C)nn(-c4ccccc4)c3C)CC2)cc1. The van der Waals surface area contributed by atoms with Gasteiger partial charge in [0.15, 0.2) is 0 Å². The molecule has 1 saturated heterocycles. The summed E-state index contributed by atoms with van der Waals surface area (Å²) in [6, 6.07) is 16.5. The van der Waals surface area contributed by atoms with Crippen LogP contribution in [0.5, 0.6) is 0 Å². The van der Waals surface area contributed by atoms with Gasteiger partial charge in [-0.25, -0.2) is 13.1 Å². The van der Waals surface area contributed by atoms with Gasteiger partial charge in [-0.3, -0.25) is 4.79 Å². The Kier molecular flexibility index (Phi) is 5.68. The molecule has 2 heterocycles. The van der Waals surface area contributed by atoms with Crippen LogP contribution in [0.25, 0.3) is 5.69 Å². The molecule has 1 amide bonds. The Morgan fingerprint density at radius 2 is 1.48 bits per heavy atom. The highest BCUT2D eigenvalue weighted by atomic mass is 32.2. The number of carbonyl (C=O) groups excluding carboxylic acids is 1. The highest BCUT2D eigenvalue weighted by Gasteiger charge is 2.32. The molecule has 0 atom stereocenters. The topological polar surface area (TPSA) is 75.5 Å². The first-order valence-corrected chi connectivity index (χ1v) is 11.7. The summed E-state index contributed by atoms with van der Waals surface area (Å²) >= 11 is 0. The van der Waals surface area contributed by atoms with Crippen molar-refractivity contribution in [2.24, 2.45) is 0 Å². The number of carbonyl (C=O) groups is 1. The lowest BCUT2D eigenvalue weighted by Crippen LogP contribution is -2.50. The first-order valence-electron chi connectivity index (χ1n) is 10.3. The van der Waals surface area contributed by atoms with Crippen LogP contribution in [-0.2, 0) is 10.0 Å². The van der Waals surface area contributed by atoms with Crippen LogP contribution in [0.4, 0.5) is 0 Å². The van der Waals surface area contributed by atoms with E-state index in [9.17, 15) is 13.2 Å². The molecule has 0 aliphatic carbocycles. The maximum Gasteiger partial charge on any atom is 0.257 e. The summed E-state index contributed by atoms with van der Waals surface area (Å²) in [6.07, 6.45) is 0. The Morgan fingerprint density at radius 1 is 0.871 bits per heavy atom. The minimum atomic E-state index is -3.56. The fourth-order valence-corrected chi connectivity index (χ4v) is 5.34. The number of amides is 1. The first-order chi connectivity index (χ1) is 14.8. The van der Waals surface area contributed by atoms with Crippen molar-refractivity contribution in [2.75, 3.05) is 26.2 Å². The maximum absolute atomic E-state index is 13.3. The Bertz CT molecular complexity index is 1190. The number of nitrogens with zero attached hydrogens (tertiary/aromatic N) is 4. The van der Waals surface area contributed by atoms with Gasteiger partial charge in [0.1, 0.15) is 0 Å². The van der Waals surface area contributed by atoms with Gasteiger partial charge in [0.2, 0.25) is 10.0 Å². The van der Waals surface area contributed by atoms with Gasteiger partial charge in [-0.2, -0.15) is 9.40 Å². The van der Waals surface area contributed by atoms with Crippen LogP contribution in [0.15, 0.2) is 59.5 Å². The fraction of sp³-hybridized carbons (Fsp3) is 0.304. The standard InChI is InChI=1S/C23H26N4O3S/c1-17-9-11-21(12-10-17)31(29,30)26-15-13-25(14-16-26)23(28)22-18(2)24-27(19(22)3)20-7-5-4-6-8-20/h4-12H,13-16H2,1-3H3. The molecule has 7 nitrogen and oxygen atoms in total. The molecule has 0 spiro atoms. The zero-order valence-electron chi connectivity index (χ0n) is 17.9. The van der Waals surface area contributed by atoms with E-state index in [1.165, 1.54) is 4.31 Å². The van der Waals surface area contributed by atoms with Crippen LogP contribution in [0.3, 0.4) is 0 Å². The van der Waals surface area contributed by atoms with Crippen molar-refractivity contribution in [2.45, 2.75) is 25.7 Å². The second-order valence-corrected chi connectivity index (χ2v) is 9.74. The summed E-state index contributed by atoms with van der Waals surface area (Å²) < 4.78 is 29.1. The van der Waals surface area contributed by atoms with Crippen LogP contribution in [-0.4, -0.2) is 59.5 Å². The van der Waals surface area contributed by atoms with Crippen LogP contribution in [0.1, 0.15) is 27.3 Å². The third-order valence-corrected chi connectivity index (χ3v) is 7.60. The largest absolute Gasteiger partial charge is 0.336 e. The minimum absolute atomic E-state index is 0.107. The Hall–Kier alpha value is -2.97. The molecule has 1 aliphatic rings. The molecule has 3 aromatic rings. The number of aromatic nitrogens is 2. The summed E-state index contributed by atoms with van der Waals surface area (Å²) in [4.78, 5) is 15.3. The number of hydrogen-bond donors (Lipinski definition) is 0.